The summed E-state index contributed by atoms with van der Waals surface area (Å²) in [5.41, 5.74) is 3.66. The SMILES string of the molecule is COCCNCc1cc2c(n(C(C)C)c1=O)CCC2. The molecule has 0 atom stereocenters. The molecule has 1 N–H and O–H groups in total. The molecular weight excluding hydrogens is 240 g/mol. The van der Waals surface area contributed by atoms with E-state index in [0.29, 0.717) is 13.2 Å². The van der Waals surface area contributed by atoms with E-state index in [1.54, 1.807) is 7.11 Å². The molecular formula is C15H24N2O2. The van der Waals surface area contributed by atoms with Gasteiger partial charge in [-0.1, -0.05) is 0 Å². The monoisotopic (exact) mass is 264 g/mol. The van der Waals surface area contributed by atoms with Gasteiger partial charge < -0.3 is 14.6 Å². The molecule has 0 amide bonds. The molecule has 0 radical (unpaired) electrons. The Morgan fingerprint density at radius 2 is 2.21 bits per heavy atom. The summed E-state index contributed by atoms with van der Waals surface area (Å²) in [5.74, 6) is 0. The zero-order chi connectivity index (χ0) is 13.8. The highest BCUT2D eigenvalue weighted by Gasteiger charge is 2.20. The first-order valence-electron chi connectivity index (χ1n) is 7.11. The minimum Gasteiger partial charge on any atom is -0.383 e. The summed E-state index contributed by atoms with van der Waals surface area (Å²) in [5, 5.41) is 3.26. The predicted octanol–water partition coefficient (Wildman–Crippen LogP) is 1.65. The Balaban J connectivity index is 2.25. The third-order valence-corrected chi connectivity index (χ3v) is 3.68. The van der Waals surface area contributed by atoms with Crippen molar-refractivity contribution >= 4 is 0 Å². The van der Waals surface area contributed by atoms with Gasteiger partial charge in [0.2, 0.25) is 0 Å². The van der Waals surface area contributed by atoms with Gasteiger partial charge in [-0.25, -0.2) is 0 Å². The third kappa shape index (κ3) is 3.07. The summed E-state index contributed by atoms with van der Waals surface area (Å²) >= 11 is 0. The second-order valence-electron chi connectivity index (χ2n) is 5.43. The Morgan fingerprint density at radius 3 is 2.89 bits per heavy atom. The van der Waals surface area contributed by atoms with Crippen molar-refractivity contribution in [2.75, 3.05) is 20.3 Å². The summed E-state index contributed by atoms with van der Waals surface area (Å²) in [6.45, 7) is 6.24. The van der Waals surface area contributed by atoms with E-state index in [-0.39, 0.29) is 11.6 Å². The number of hydrogen-bond donors (Lipinski definition) is 1. The van der Waals surface area contributed by atoms with Gasteiger partial charge in [-0.3, -0.25) is 4.79 Å². The van der Waals surface area contributed by atoms with Crippen LogP contribution in [0.25, 0.3) is 0 Å². The summed E-state index contributed by atoms with van der Waals surface area (Å²) < 4.78 is 6.98. The lowest BCUT2D eigenvalue weighted by Crippen LogP contribution is -2.31. The minimum atomic E-state index is 0.167. The van der Waals surface area contributed by atoms with Gasteiger partial charge in [-0.05, 0) is 44.7 Å². The molecule has 1 aromatic heterocycles. The first-order chi connectivity index (χ1) is 9.15. The molecule has 4 nitrogen and oxygen atoms in total. The van der Waals surface area contributed by atoms with Crippen LogP contribution in [0.15, 0.2) is 10.9 Å². The highest BCUT2D eigenvalue weighted by atomic mass is 16.5. The molecule has 1 aliphatic rings. The highest BCUT2D eigenvalue weighted by molar-refractivity contribution is 5.31. The van der Waals surface area contributed by atoms with Gasteiger partial charge in [0, 0.05) is 37.5 Å². The highest BCUT2D eigenvalue weighted by Crippen LogP contribution is 2.23. The topological polar surface area (TPSA) is 43.3 Å². The van der Waals surface area contributed by atoms with Crippen molar-refractivity contribution in [2.24, 2.45) is 0 Å². The van der Waals surface area contributed by atoms with Crippen molar-refractivity contribution in [3.05, 3.63) is 33.2 Å². The number of hydrogen-bond acceptors (Lipinski definition) is 3. The fourth-order valence-corrected chi connectivity index (χ4v) is 2.80. The van der Waals surface area contributed by atoms with Gasteiger partial charge in [0.15, 0.2) is 0 Å². The zero-order valence-corrected chi connectivity index (χ0v) is 12.2. The minimum absolute atomic E-state index is 0.167. The lowest BCUT2D eigenvalue weighted by Gasteiger charge is -2.18. The molecule has 2 rings (SSSR count). The third-order valence-electron chi connectivity index (χ3n) is 3.68. The molecule has 1 heterocycles. The van der Waals surface area contributed by atoms with Crippen LogP contribution in [0.2, 0.25) is 0 Å². The van der Waals surface area contributed by atoms with Gasteiger partial charge in [0.25, 0.3) is 5.56 Å². The second-order valence-corrected chi connectivity index (χ2v) is 5.43. The number of methoxy groups -OCH3 is 1. The molecule has 0 unspecified atom stereocenters. The molecule has 106 valence electrons. The number of aromatic nitrogens is 1. The first kappa shape index (κ1) is 14.3. The van der Waals surface area contributed by atoms with E-state index in [1.165, 1.54) is 17.7 Å². The van der Waals surface area contributed by atoms with E-state index >= 15 is 0 Å². The average Bonchev–Trinajstić information content (AvgIpc) is 2.81. The quantitative estimate of drug-likeness (QED) is 0.795. The molecule has 19 heavy (non-hydrogen) atoms. The van der Waals surface area contributed by atoms with Gasteiger partial charge in [0.05, 0.1) is 6.61 Å². The summed E-state index contributed by atoms with van der Waals surface area (Å²) in [7, 11) is 1.68. The molecule has 1 aromatic rings. The van der Waals surface area contributed by atoms with Gasteiger partial charge in [-0.2, -0.15) is 0 Å². The fourth-order valence-electron chi connectivity index (χ4n) is 2.80. The van der Waals surface area contributed by atoms with Crippen molar-refractivity contribution in [1.82, 2.24) is 9.88 Å². The number of nitrogens with zero attached hydrogens (tertiary/aromatic N) is 1. The van der Waals surface area contributed by atoms with E-state index in [0.717, 1.165) is 24.9 Å². The molecule has 4 heteroatoms. The lowest BCUT2D eigenvalue weighted by atomic mass is 10.1. The van der Waals surface area contributed by atoms with Crippen LogP contribution in [0, 0.1) is 0 Å². The molecule has 1 aliphatic carbocycles. The number of rotatable bonds is 6. The summed E-state index contributed by atoms with van der Waals surface area (Å²) in [6.07, 6.45) is 3.32. The standard InChI is InChI=1S/C15H24N2O2/c1-11(2)17-14-6-4-5-12(14)9-13(15(17)18)10-16-7-8-19-3/h9,11,16H,4-8,10H2,1-3H3. The number of fused-ring (bicyclic) bond motifs is 1. The van der Waals surface area contributed by atoms with Crippen molar-refractivity contribution < 1.29 is 4.74 Å². The molecule has 0 spiro atoms. The Morgan fingerprint density at radius 1 is 1.42 bits per heavy atom. The van der Waals surface area contributed by atoms with E-state index in [1.807, 2.05) is 4.57 Å². The maximum absolute atomic E-state index is 12.5. The largest absolute Gasteiger partial charge is 0.383 e. The summed E-state index contributed by atoms with van der Waals surface area (Å²) in [6, 6.07) is 2.34. The predicted molar refractivity (Wildman–Crippen MR) is 76.7 cm³/mol. The molecule has 0 aromatic carbocycles. The average molecular weight is 264 g/mol. The lowest BCUT2D eigenvalue weighted by molar-refractivity contribution is 0.199. The van der Waals surface area contributed by atoms with E-state index < -0.39 is 0 Å². The van der Waals surface area contributed by atoms with Gasteiger partial charge >= 0.3 is 0 Å². The molecule has 0 bridgehead atoms. The van der Waals surface area contributed by atoms with Gasteiger partial charge in [-0.15, -0.1) is 0 Å². The maximum Gasteiger partial charge on any atom is 0.255 e. The van der Waals surface area contributed by atoms with Crippen LogP contribution in [0.4, 0.5) is 0 Å². The van der Waals surface area contributed by atoms with Crippen LogP contribution in [0.5, 0.6) is 0 Å². The first-order valence-corrected chi connectivity index (χ1v) is 7.11. The zero-order valence-electron chi connectivity index (χ0n) is 12.2. The number of pyridine rings is 1. The van der Waals surface area contributed by atoms with E-state index in [9.17, 15) is 4.79 Å². The Bertz CT molecular complexity index is 492. The maximum atomic E-state index is 12.5. The number of nitrogens with one attached hydrogen (secondary N) is 1. The van der Waals surface area contributed by atoms with Crippen LogP contribution in [0.3, 0.4) is 0 Å². The van der Waals surface area contributed by atoms with Crippen LogP contribution in [-0.4, -0.2) is 24.8 Å². The van der Waals surface area contributed by atoms with Crippen LogP contribution in [0.1, 0.15) is 43.1 Å². The Labute approximate surface area is 114 Å². The van der Waals surface area contributed by atoms with Crippen LogP contribution in [-0.2, 0) is 24.1 Å². The van der Waals surface area contributed by atoms with Crippen molar-refractivity contribution in [3.63, 3.8) is 0 Å². The Hall–Kier alpha value is -1.13. The molecule has 0 saturated carbocycles. The van der Waals surface area contributed by atoms with Crippen LogP contribution >= 0.6 is 0 Å². The second kappa shape index (κ2) is 6.35. The van der Waals surface area contributed by atoms with Crippen molar-refractivity contribution in [2.45, 2.75) is 45.7 Å². The summed E-state index contributed by atoms with van der Waals surface area (Å²) in [4.78, 5) is 12.5. The smallest absolute Gasteiger partial charge is 0.255 e. The van der Waals surface area contributed by atoms with Gasteiger partial charge in [0.1, 0.15) is 0 Å². The molecule has 0 saturated heterocycles. The number of aryl methyl sites for hydroxylation is 1. The van der Waals surface area contributed by atoms with E-state index in [4.69, 9.17) is 4.74 Å². The molecule has 0 aliphatic heterocycles. The van der Waals surface area contributed by atoms with Crippen molar-refractivity contribution in [1.29, 1.82) is 0 Å². The Kier molecular flexibility index (Phi) is 4.77. The fraction of sp³-hybridized carbons (Fsp3) is 0.667. The van der Waals surface area contributed by atoms with E-state index in [2.05, 4.69) is 25.2 Å². The molecule has 0 fully saturated rings. The number of ether oxygens (including phenoxy) is 1. The van der Waals surface area contributed by atoms with Crippen molar-refractivity contribution in [3.8, 4) is 0 Å². The van der Waals surface area contributed by atoms with Crippen LogP contribution < -0.4 is 10.9 Å². The normalized spacial score (nSPS) is 14.1.